The maximum atomic E-state index is 9.05. The van der Waals surface area contributed by atoms with Crippen molar-refractivity contribution >= 4 is 0 Å². The lowest BCUT2D eigenvalue weighted by Gasteiger charge is -2.08. The largest absolute Gasteiger partial charge is 0.497 e. The molecule has 0 aromatic heterocycles. The Morgan fingerprint density at radius 3 is 2.41 bits per heavy atom. The van der Waals surface area contributed by atoms with Crippen molar-refractivity contribution < 1.29 is 14.6 Å². The molecule has 0 aliphatic heterocycles. The Labute approximate surface area is 103 Å². The molecule has 1 rings (SSSR count). The van der Waals surface area contributed by atoms with Crippen molar-refractivity contribution in [2.24, 2.45) is 0 Å². The topological polar surface area (TPSA) is 50.7 Å². The van der Waals surface area contributed by atoms with Gasteiger partial charge in [0.25, 0.3) is 0 Å². The molecule has 0 spiro atoms. The first-order valence-corrected chi connectivity index (χ1v) is 5.88. The van der Waals surface area contributed by atoms with Gasteiger partial charge in [0.2, 0.25) is 0 Å². The summed E-state index contributed by atoms with van der Waals surface area (Å²) in [7, 11) is 1.64. The first-order chi connectivity index (χ1) is 8.22. The molecule has 0 aliphatic carbocycles. The monoisotopic (exact) mass is 239 g/mol. The third-order valence-electron chi connectivity index (χ3n) is 2.35. The summed E-state index contributed by atoms with van der Waals surface area (Å²) in [6.07, 6.45) is 0.521. The van der Waals surface area contributed by atoms with Crippen LogP contribution in [0.4, 0.5) is 0 Å². The molecule has 0 heterocycles. The summed E-state index contributed by atoms with van der Waals surface area (Å²) in [5.74, 6) is 1.66. The number of aliphatic hydroxyl groups is 1. The van der Waals surface area contributed by atoms with Crippen LogP contribution in [0.1, 0.15) is 13.3 Å². The Morgan fingerprint density at radius 2 is 1.82 bits per heavy atom. The second-order valence-electron chi connectivity index (χ2n) is 3.91. The molecule has 0 aliphatic rings. The van der Waals surface area contributed by atoms with E-state index >= 15 is 0 Å². The molecule has 2 N–H and O–H groups in total. The van der Waals surface area contributed by atoms with Gasteiger partial charge in [0.15, 0.2) is 0 Å². The zero-order chi connectivity index (χ0) is 12.5. The van der Waals surface area contributed by atoms with Gasteiger partial charge in [-0.3, -0.25) is 0 Å². The molecule has 17 heavy (non-hydrogen) atoms. The van der Waals surface area contributed by atoms with Crippen molar-refractivity contribution in [1.82, 2.24) is 5.32 Å². The fourth-order valence-corrected chi connectivity index (χ4v) is 1.35. The Bertz CT molecular complexity index is 298. The van der Waals surface area contributed by atoms with Crippen LogP contribution in [-0.2, 0) is 0 Å². The lowest BCUT2D eigenvalue weighted by molar-refractivity contribution is 0.182. The molecule has 0 bridgehead atoms. The predicted molar refractivity (Wildman–Crippen MR) is 67.7 cm³/mol. The molecule has 4 nitrogen and oxygen atoms in total. The van der Waals surface area contributed by atoms with Gasteiger partial charge < -0.3 is 19.9 Å². The van der Waals surface area contributed by atoms with E-state index in [2.05, 4.69) is 5.32 Å². The van der Waals surface area contributed by atoms with Gasteiger partial charge in [-0.2, -0.15) is 0 Å². The third-order valence-corrected chi connectivity index (χ3v) is 2.35. The average Bonchev–Trinajstić information content (AvgIpc) is 2.34. The third kappa shape index (κ3) is 6.14. The van der Waals surface area contributed by atoms with E-state index in [9.17, 15) is 0 Å². The van der Waals surface area contributed by atoms with Crippen LogP contribution >= 0.6 is 0 Å². The Morgan fingerprint density at radius 1 is 1.18 bits per heavy atom. The minimum absolute atomic E-state index is 0.245. The van der Waals surface area contributed by atoms with Crippen LogP contribution in [-0.4, -0.2) is 38.0 Å². The molecule has 1 unspecified atom stereocenters. The number of hydrogen-bond donors (Lipinski definition) is 2. The predicted octanol–water partition coefficient (Wildman–Crippen LogP) is 1.43. The summed E-state index contributed by atoms with van der Waals surface area (Å²) in [6.45, 7) is 3.99. The highest BCUT2D eigenvalue weighted by Crippen LogP contribution is 2.16. The van der Waals surface area contributed by atoms with Crippen LogP contribution in [0, 0.1) is 0 Å². The highest BCUT2D eigenvalue weighted by molar-refractivity contribution is 5.31. The Balaban J connectivity index is 2.09. The summed E-state index contributed by atoms with van der Waals surface area (Å²) in [6, 6.07) is 7.51. The number of aliphatic hydroxyl groups excluding tert-OH is 1. The van der Waals surface area contributed by atoms with Gasteiger partial charge in [0, 0.05) is 6.54 Å². The van der Waals surface area contributed by atoms with Gasteiger partial charge in [0.05, 0.1) is 13.2 Å². The molecule has 1 aromatic carbocycles. The van der Waals surface area contributed by atoms with Gasteiger partial charge in [-0.05, 0) is 44.2 Å². The summed E-state index contributed by atoms with van der Waals surface area (Å²) >= 11 is 0. The zero-order valence-electron chi connectivity index (χ0n) is 10.5. The lowest BCUT2D eigenvalue weighted by atomic mass is 10.3. The quantitative estimate of drug-likeness (QED) is 0.674. The van der Waals surface area contributed by atoms with Gasteiger partial charge in [-0.15, -0.1) is 0 Å². The van der Waals surface area contributed by atoms with Gasteiger partial charge in [-0.25, -0.2) is 0 Å². The number of benzene rings is 1. The summed E-state index contributed by atoms with van der Waals surface area (Å²) in [5.41, 5.74) is 0. The van der Waals surface area contributed by atoms with Crippen molar-refractivity contribution in [3.05, 3.63) is 24.3 Å². The Kier molecular flexibility index (Phi) is 6.43. The van der Waals surface area contributed by atoms with E-state index in [-0.39, 0.29) is 6.10 Å². The second-order valence-corrected chi connectivity index (χ2v) is 3.91. The van der Waals surface area contributed by atoms with Crippen LogP contribution in [0.15, 0.2) is 24.3 Å². The van der Waals surface area contributed by atoms with Gasteiger partial charge in [-0.1, -0.05) is 0 Å². The Hall–Kier alpha value is -1.26. The first kappa shape index (κ1) is 13.8. The molecule has 0 amide bonds. The fraction of sp³-hybridized carbons (Fsp3) is 0.538. The van der Waals surface area contributed by atoms with Gasteiger partial charge >= 0.3 is 0 Å². The number of rotatable bonds is 8. The molecule has 1 atom stereocenters. The molecule has 96 valence electrons. The van der Waals surface area contributed by atoms with Crippen molar-refractivity contribution in [2.45, 2.75) is 19.4 Å². The standard InChI is InChI=1S/C13H21NO3/c1-11(15)7-8-14-9-10-17-13-5-3-12(16-2)4-6-13/h3-6,11,14-15H,7-10H2,1-2H3. The highest BCUT2D eigenvalue weighted by Gasteiger charge is 1.96. The minimum Gasteiger partial charge on any atom is -0.497 e. The van der Waals surface area contributed by atoms with E-state index in [0.29, 0.717) is 6.61 Å². The maximum absolute atomic E-state index is 9.05. The van der Waals surface area contributed by atoms with E-state index in [1.807, 2.05) is 24.3 Å². The maximum Gasteiger partial charge on any atom is 0.119 e. The molecule has 0 saturated heterocycles. The van der Waals surface area contributed by atoms with Crippen LogP contribution in [0.25, 0.3) is 0 Å². The smallest absolute Gasteiger partial charge is 0.119 e. The van der Waals surface area contributed by atoms with Crippen LogP contribution in [0.3, 0.4) is 0 Å². The summed E-state index contributed by atoms with van der Waals surface area (Å²) in [4.78, 5) is 0. The van der Waals surface area contributed by atoms with E-state index < -0.39 is 0 Å². The van der Waals surface area contributed by atoms with Crippen LogP contribution < -0.4 is 14.8 Å². The lowest BCUT2D eigenvalue weighted by Crippen LogP contribution is -2.24. The van der Waals surface area contributed by atoms with Crippen molar-refractivity contribution in [2.75, 3.05) is 26.8 Å². The van der Waals surface area contributed by atoms with Crippen molar-refractivity contribution in [3.8, 4) is 11.5 Å². The number of methoxy groups -OCH3 is 1. The number of nitrogens with one attached hydrogen (secondary N) is 1. The summed E-state index contributed by atoms with van der Waals surface area (Å²) in [5, 5.41) is 12.3. The van der Waals surface area contributed by atoms with Crippen LogP contribution in [0.5, 0.6) is 11.5 Å². The number of hydrogen-bond acceptors (Lipinski definition) is 4. The molecule has 0 saturated carbocycles. The summed E-state index contributed by atoms with van der Waals surface area (Å²) < 4.78 is 10.6. The highest BCUT2D eigenvalue weighted by atomic mass is 16.5. The minimum atomic E-state index is -0.245. The normalized spacial score (nSPS) is 12.2. The molecule has 1 aromatic rings. The van der Waals surface area contributed by atoms with Crippen LogP contribution in [0.2, 0.25) is 0 Å². The second kappa shape index (κ2) is 7.92. The van der Waals surface area contributed by atoms with E-state index in [1.54, 1.807) is 14.0 Å². The first-order valence-electron chi connectivity index (χ1n) is 5.88. The SMILES string of the molecule is COc1ccc(OCCNCCC(C)O)cc1. The molecular weight excluding hydrogens is 218 g/mol. The van der Waals surface area contributed by atoms with Crippen molar-refractivity contribution in [1.29, 1.82) is 0 Å². The molecule has 4 heteroatoms. The van der Waals surface area contributed by atoms with E-state index in [4.69, 9.17) is 14.6 Å². The molecule has 0 radical (unpaired) electrons. The van der Waals surface area contributed by atoms with Crippen molar-refractivity contribution in [3.63, 3.8) is 0 Å². The van der Waals surface area contributed by atoms with Gasteiger partial charge in [0.1, 0.15) is 18.1 Å². The molecule has 0 fully saturated rings. The van der Waals surface area contributed by atoms with E-state index in [0.717, 1.165) is 31.0 Å². The average molecular weight is 239 g/mol. The zero-order valence-corrected chi connectivity index (χ0v) is 10.5. The van der Waals surface area contributed by atoms with E-state index in [1.165, 1.54) is 0 Å². The molecular formula is C13H21NO3. The fourth-order valence-electron chi connectivity index (χ4n) is 1.35. The number of ether oxygens (including phenoxy) is 2.